The van der Waals surface area contributed by atoms with Gasteiger partial charge < -0.3 is 20.1 Å². The highest BCUT2D eigenvalue weighted by atomic mass is 127. The van der Waals surface area contributed by atoms with E-state index in [1.807, 2.05) is 43.3 Å². The van der Waals surface area contributed by atoms with E-state index in [0.717, 1.165) is 46.4 Å². The molecule has 4 rings (SSSR count). The van der Waals surface area contributed by atoms with Gasteiger partial charge in [0.2, 0.25) is 0 Å². The van der Waals surface area contributed by atoms with Gasteiger partial charge in [-0.15, -0.1) is 35.3 Å². The molecule has 0 saturated carbocycles. The third kappa shape index (κ3) is 5.85. The van der Waals surface area contributed by atoms with Crippen LogP contribution in [0, 0.1) is 0 Å². The molecule has 0 amide bonds. The molecule has 0 bridgehead atoms. The van der Waals surface area contributed by atoms with Crippen LogP contribution in [0.1, 0.15) is 19.0 Å². The molecule has 0 saturated heterocycles. The Labute approximate surface area is 197 Å². The first-order valence-electron chi connectivity index (χ1n) is 9.76. The van der Waals surface area contributed by atoms with Crippen LogP contribution in [0.5, 0.6) is 11.5 Å². The van der Waals surface area contributed by atoms with Crippen molar-refractivity contribution in [3.8, 4) is 22.1 Å². The number of anilines is 1. The minimum Gasteiger partial charge on any atom is -0.490 e. The number of guanidine groups is 1. The topological polar surface area (TPSA) is 67.8 Å². The summed E-state index contributed by atoms with van der Waals surface area (Å²) in [6, 6.07) is 16.0. The third-order valence-corrected chi connectivity index (χ3v) is 5.27. The number of aliphatic imine (C=N–C) groups is 1. The van der Waals surface area contributed by atoms with E-state index in [1.165, 1.54) is 0 Å². The molecular formula is C22H25IN4O2S. The van der Waals surface area contributed by atoms with Crippen LogP contribution in [0.4, 0.5) is 5.69 Å². The van der Waals surface area contributed by atoms with Gasteiger partial charge in [-0.1, -0.05) is 30.3 Å². The number of hydrogen-bond donors (Lipinski definition) is 2. The van der Waals surface area contributed by atoms with Crippen LogP contribution in [0.25, 0.3) is 10.6 Å². The van der Waals surface area contributed by atoms with Gasteiger partial charge in [-0.2, -0.15) is 0 Å². The number of nitrogens with one attached hydrogen (secondary N) is 2. The first kappa shape index (κ1) is 22.4. The van der Waals surface area contributed by atoms with Crippen LogP contribution in [0.3, 0.4) is 0 Å². The molecule has 2 N–H and O–H groups in total. The van der Waals surface area contributed by atoms with Gasteiger partial charge in [-0.05, 0) is 19.1 Å². The molecule has 3 aromatic rings. The molecule has 0 spiro atoms. The fraction of sp³-hybridized carbons (Fsp3) is 0.273. The number of aromatic nitrogens is 1. The van der Waals surface area contributed by atoms with E-state index in [0.29, 0.717) is 25.7 Å². The SMILES string of the molecule is CCNC(=NCc1csc(-c2ccccc2)n1)Nc1ccc2c(c1)OCCCO2.I. The smallest absolute Gasteiger partial charge is 0.196 e. The van der Waals surface area contributed by atoms with Crippen molar-refractivity contribution in [1.82, 2.24) is 10.3 Å². The number of thiazole rings is 1. The fourth-order valence-corrected chi connectivity index (χ4v) is 3.75. The fourth-order valence-electron chi connectivity index (χ4n) is 2.94. The van der Waals surface area contributed by atoms with Crippen LogP contribution in [0.2, 0.25) is 0 Å². The zero-order valence-corrected chi connectivity index (χ0v) is 19.9. The van der Waals surface area contributed by atoms with Gasteiger partial charge in [-0.3, -0.25) is 0 Å². The summed E-state index contributed by atoms with van der Waals surface area (Å²) >= 11 is 1.64. The van der Waals surface area contributed by atoms with Crippen molar-refractivity contribution in [3.05, 3.63) is 59.6 Å². The Morgan fingerprint density at radius 3 is 2.70 bits per heavy atom. The summed E-state index contributed by atoms with van der Waals surface area (Å²) in [5, 5.41) is 9.68. The maximum absolute atomic E-state index is 5.77. The Kier molecular flexibility index (Phi) is 8.32. The highest BCUT2D eigenvalue weighted by Gasteiger charge is 2.11. The van der Waals surface area contributed by atoms with Gasteiger partial charge in [0.15, 0.2) is 17.5 Å². The van der Waals surface area contributed by atoms with Crippen LogP contribution in [-0.2, 0) is 6.54 Å². The van der Waals surface area contributed by atoms with Crippen LogP contribution >= 0.6 is 35.3 Å². The number of benzene rings is 2. The zero-order valence-electron chi connectivity index (χ0n) is 16.8. The molecule has 0 atom stereocenters. The summed E-state index contributed by atoms with van der Waals surface area (Å²) in [6.45, 7) is 4.66. The van der Waals surface area contributed by atoms with Gasteiger partial charge in [-0.25, -0.2) is 9.98 Å². The lowest BCUT2D eigenvalue weighted by Gasteiger charge is -2.13. The summed E-state index contributed by atoms with van der Waals surface area (Å²) in [5.74, 6) is 2.25. The molecule has 30 heavy (non-hydrogen) atoms. The molecule has 1 aromatic heterocycles. The molecule has 0 fully saturated rings. The lowest BCUT2D eigenvalue weighted by atomic mass is 10.2. The van der Waals surface area contributed by atoms with E-state index >= 15 is 0 Å². The minimum atomic E-state index is 0. The van der Waals surface area contributed by atoms with E-state index in [-0.39, 0.29) is 24.0 Å². The maximum Gasteiger partial charge on any atom is 0.196 e. The molecule has 158 valence electrons. The van der Waals surface area contributed by atoms with Crippen molar-refractivity contribution in [2.75, 3.05) is 25.1 Å². The first-order chi connectivity index (χ1) is 14.3. The first-order valence-corrected chi connectivity index (χ1v) is 10.6. The van der Waals surface area contributed by atoms with Crippen LogP contribution in [-0.4, -0.2) is 30.7 Å². The molecular weight excluding hydrogens is 511 g/mol. The number of nitrogens with zero attached hydrogens (tertiary/aromatic N) is 2. The molecule has 2 heterocycles. The molecule has 0 unspecified atom stereocenters. The van der Waals surface area contributed by atoms with Crippen molar-refractivity contribution in [1.29, 1.82) is 0 Å². The summed E-state index contributed by atoms with van der Waals surface area (Å²) in [5.41, 5.74) is 2.98. The van der Waals surface area contributed by atoms with Crippen molar-refractivity contribution >= 4 is 47.0 Å². The van der Waals surface area contributed by atoms with Crippen molar-refractivity contribution in [3.63, 3.8) is 0 Å². The van der Waals surface area contributed by atoms with Gasteiger partial charge >= 0.3 is 0 Å². The summed E-state index contributed by atoms with van der Waals surface area (Å²) < 4.78 is 11.5. The second-order valence-corrected chi connectivity index (χ2v) is 7.40. The predicted octanol–water partition coefficient (Wildman–Crippen LogP) is 5.17. The number of halogens is 1. The van der Waals surface area contributed by atoms with E-state index in [4.69, 9.17) is 14.5 Å². The normalized spacial score (nSPS) is 13.2. The largest absolute Gasteiger partial charge is 0.490 e. The number of hydrogen-bond acceptors (Lipinski definition) is 5. The molecule has 8 heteroatoms. The van der Waals surface area contributed by atoms with Crippen LogP contribution in [0.15, 0.2) is 58.9 Å². The highest BCUT2D eigenvalue weighted by molar-refractivity contribution is 14.0. The Balaban J connectivity index is 0.00000256. The van der Waals surface area contributed by atoms with Crippen molar-refractivity contribution < 1.29 is 9.47 Å². The molecule has 1 aliphatic rings. The summed E-state index contributed by atoms with van der Waals surface area (Å²) in [4.78, 5) is 9.39. The van der Waals surface area contributed by atoms with Gasteiger partial charge in [0.05, 0.1) is 25.5 Å². The van der Waals surface area contributed by atoms with Gasteiger partial charge in [0, 0.05) is 35.7 Å². The summed E-state index contributed by atoms with van der Waals surface area (Å²) in [6.07, 6.45) is 0.889. The van der Waals surface area contributed by atoms with E-state index in [2.05, 4.69) is 33.1 Å². The van der Waals surface area contributed by atoms with E-state index < -0.39 is 0 Å². The average molecular weight is 536 g/mol. The van der Waals surface area contributed by atoms with E-state index in [9.17, 15) is 0 Å². The molecule has 0 aliphatic carbocycles. The number of ether oxygens (including phenoxy) is 2. The second-order valence-electron chi connectivity index (χ2n) is 6.54. The monoisotopic (exact) mass is 536 g/mol. The van der Waals surface area contributed by atoms with Crippen molar-refractivity contribution in [2.24, 2.45) is 4.99 Å². The quantitative estimate of drug-likeness (QED) is 0.268. The second kappa shape index (κ2) is 11.2. The lowest BCUT2D eigenvalue weighted by molar-refractivity contribution is 0.297. The Hall–Kier alpha value is -2.33. The molecule has 1 aliphatic heterocycles. The van der Waals surface area contributed by atoms with Gasteiger partial charge in [0.25, 0.3) is 0 Å². The standard InChI is InChI=1S/C22H24N4O2S.HI/c1-2-23-22(26-17-9-10-19-20(13-17)28-12-6-11-27-19)24-14-18-15-29-21(25-18)16-7-4-3-5-8-16;/h3-5,7-10,13,15H,2,6,11-12,14H2,1H3,(H2,23,24,26);1H. The third-order valence-electron chi connectivity index (χ3n) is 4.33. The summed E-state index contributed by atoms with van der Waals surface area (Å²) in [7, 11) is 0. The molecule has 2 aromatic carbocycles. The molecule has 0 radical (unpaired) electrons. The number of rotatable bonds is 5. The van der Waals surface area contributed by atoms with Crippen molar-refractivity contribution in [2.45, 2.75) is 19.9 Å². The lowest BCUT2D eigenvalue weighted by Crippen LogP contribution is -2.30. The zero-order chi connectivity index (χ0) is 19.9. The highest BCUT2D eigenvalue weighted by Crippen LogP contribution is 2.32. The Morgan fingerprint density at radius 2 is 1.90 bits per heavy atom. The minimum absolute atomic E-state index is 0. The predicted molar refractivity (Wildman–Crippen MR) is 133 cm³/mol. The number of fused-ring (bicyclic) bond motifs is 1. The van der Waals surface area contributed by atoms with Gasteiger partial charge in [0.1, 0.15) is 5.01 Å². The Morgan fingerprint density at radius 1 is 1.10 bits per heavy atom. The maximum atomic E-state index is 5.77. The average Bonchev–Trinajstić information content (AvgIpc) is 3.11. The Bertz CT molecular complexity index is 978. The van der Waals surface area contributed by atoms with Crippen LogP contribution < -0.4 is 20.1 Å². The molecule has 6 nitrogen and oxygen atoms in total. The van der Waals surface area contributed by atoms with E-state index in [1.54, 1.807) is 11.3 Å².